The standard InChI is InChI=1S/C30H50O6/c1-19(9-14-26(33)29(3,4)35)23-12-13-24-21(8-6-15-30(23,24)5)10-11-22-18-25(32)28(27(34)20(22)2)36-17-7-16-31/h10-11,19,23-28,31-35H,2,6-9,12-18H2,1,3-5H3/b21-10+,22-11-/t19-,23-,24?,25-,26+,27-,28-,30-/m1/s1. The Kier molecular flexibility index (Phi) is 10.0. The van der Waals surface area contributed by atoms with Crippen LogP contribution < -0.4 is 0 Å². The first-order chi connectivity index (χ1) is 16.9. The number of hydrogen-bond donors (Lipinski definition) is 5. The van der Waals surface area contributed by atoms with Gasteiger partial charge in [0.1, 0.15) is 12.2 Å². The lowest BCUT2D eigenvalue weighted by atomic mass is 9.60. The molecule has 206 valence electrons. The maximum absolute atomic E-state index is 10.7. The summed E-state index contributed by atoms with van der Waals surface area (Å²) in [6.45, 7) is 12.5. The lowest BCUT2D eigenvalue weighted by Gasteiger charge is -2.44. The van der Waals surface area contributed by atoms with E-state index in [2.05, 4.69) is 32.6 Å². The van der Waals surface area contributed by atoms with Crippen molar-refractivity contribution in [1.82, 2.24) is 0 Å². The molecule has 0 spiro atoms. The monoisotopic (exact) mass is 506 g/mol. The number of aliphatic hydroxyl groups excluding tert-OH is 4. The van der Waals surface area contributed by atoms with Crippen LogP contribution in [0.3, 0.4) is 0 Å². The summed E-state index contributed by atoms with van der Waals surface area (Å²) in [5, 5.41) is 50.7. The second-order valence-corrected chi connectivity index (χ2v) is 12.4. The molecule has 8 atom stereocenters. The molecule has 3 fully saturated rings. The fourth-order valence-corrected chi connectivity index (χ4v) is 7.13. The van der Waals surface area contributed by atoms with Gasteiger partial charge in [-0.1, -0.05) is 38.2 Å². The highest BCUT2D eigenvalue weighted by Gasteiger charge is 2.50. The lowest BCUT2D eigenvalue weighted by Crippen LogP contribution is -2.45. The minimum atomic E-state index is -1.06. The van der Waals surface area contributed by atoms with Crippen molar-refractivity contribution in [2.24, 2.45) is 23.2 Å². The van der Waals surface area contributed by atoms with Gasteiger partial charge in [-0.05, 0) is 99.5 Å². The minimum Gasteiger partial charge on any atom is -0.396 e. The van der Waals surface area contributed by atoms with Crippen LogP contribution in [0.4, 0.5) is 0 Å². The molecule has 0 heterocycles. The number of hydrogen-bond acceptors (Lipinski definition) is 6. The predicted octanol–water partition coefficient (Wildman–Crippen LogP) is 4.05. The van der Waals surface area contributed by atoms with Gasteiger partial charge >= 0.3 is 0 Å². The highest BCUT2D eigenvalue weighted by molar-refractivity contribution is 5.40. The predicted molar refractivity (Wildman–Crippen MR) is 142 cm³/mol. The van der Waals surface area contributed by atoms with Crippen LogP contribution in [-0.2, 0) is 4.74 Å². The number of aliphatic hydroxyl groups is 5. The Morgan fingerprint density at radius 1 is 1.19 bits per heavy atom. The molecular formula is C30H50O6. The van der Waals surface area contributed by atoms with Crippen molar-refractivity contribution in [3.05, 3.63) is 35.5 Å². The van der Waals surface area contributed by atoms with Crippen molar-refractivity contribution in [2.45, 2.75) is 115 Å². The van der Waals surface area contributed by atoms with Crippen LogP contribution in [0, 0.1) is 23.2 Å². The molecule has 0 saturated heterocycles. The van der Waals surface area contributed by atoms with Gasteiger partial charge in [-0.15, -0.1) is 0 Å². The number of rotatable bonds is 10. The van der Waals surface area contributed by atoms with E-state index in [9.17, 15) is 20.4 Å². The van der Waals surface area contributed by atoms with E-state index in [1.807, 2.05) is 0 Å². The van der Waals surface area contributed by atoms with Crippen molar-refractivity contribution < 1.29 is 30.3 Å². The first-order valence-corrected chi connectivity index (χ1v) is 14.0. The van der Waals surface area contributed by atoms with Gasteiger partial charge in [0.05, 0.1) is 17.8 Å². The molecule has 0 aromatic carbocycles. The van der Waals surface area contributed by atoms with Crippen LogP contribution in [0.25, 0.3) is 0 Å². The molecule has 6 nitrogen and oxygen atoms in total. The van der Waals surface area contributed by atoms with Gasteiger partial charge in [-0.25, -0.2) is 0 Å². The van der Waals surface area contributed by atoms with E-state index >= 15 is 0 Å². The van der Waals surface area contributed by atoms with E-state index in [1.54, 1.807) is 13.8 Å². The molecule has 1 unspecified atom stereocenters. The van der Waals surface area contributed by atoms with E-state index in [4.69, 9.17) is 9.84 Å². The van der Waals surface area contributed by atoms with E-state index in [1.165, 1.54) is 24.8 Å². The van der Waals surface area contributed by atoms with Crippen molar-refractivity contribution in [2.75, 3.05) is 13.2 Å². The molecule has 3 rings (SSSR count). The van der Waals surface area contributed by atoms with Gasteiger partial charge in [-0.2, -0.15) is 0 Å². The Balaban J connectivity index is 1.68. The average Bonchev–Trinajstić information content (AvgIpc) is 3.17. The molecule has 3 aliphatic carbocycles. The largest absolute Gasteiger partial charge is 0.396 e. The topological polar surface area (TPSA) is 110 Å². The number of ether oxygens (including phenoxy) is 1. The van der Waals surface area contributed by atoms with Crippen LogP contribution in [-0.4, -0.2) is 68.8 Å². The van der Waals surface area contributed by atoms with E-state index in [-0.39, 0.29) is 12.0 Å². The lowest BCUT2D eigenvalue weighted by molar-refractivity contribution is -0.0968. The molecule has 36 heavy (non-hydrogen) atoms. The molecule has 0 aromatic heterocycles. The summed E-state index contributed by atoms with van der Waals surface area (Å²) >= 11 is 0. The molecule has 3 saturated carbocycles. The Morgan fingerprint density at radius 2 is 1.92 bits per heavy atom. The third-order valence-corrected chi connectivity index (χ3v) is 9.44. The van der Waals surface area contributed by atoms with Gasteiger partial charge in [-0.3, -0.25) is 0 Å². The van der Waals surface area contributed by atoms with Crippen LogP contribution in [0.5, 0.6) is 0 Å². The second kappa shape index (κ2) is 12.2. The minimum absolute atomic E-state index is 0.0150. The maximum Gasteiger partial charge on any atom is 0.114 e. The SMILES string of the molecule is C=C1/C(=C\C=C2/CCC[C@@]3(C)C2CC[C@@H]3[C@H](C)CC[C@H](O)C(C)(C)O)C[C@@H](O)[C@@H](OCCCO)[C@@H]1O. The summed E-state index contributed by atoms with van der Waals surface area (Å²) in [7, 11) is 0. The van der Waals surface area contributed by atoms with Crippen molar-refractivity contribution in [3.63, 3.8) is 0 Å². The van der Waals surface area contributed by atoms with Gasteiger partial charge in [0, 0.05) is 19.6 Å². The Hall–Kier alpha value is -1.02. The molecule has 0 radical (unpaired) electrons. The quantitative estimate of drug-likeness (QED) is 0.286. The zero-order valence-electron chi connectivity index (χ0n) is 22.8. The molecule has 5 N–H and O–H groups in total. The van der Waals surface area contributed by atoms with E-state index in [0.717, 1.165) is 24.8 Å². The first-order valence-electron chi connectivity index (χ1n) is 14.0. The zero-order valence-corrected chi connectivity index (χ0v) is 22.8. The average molecular weight is 507 g/mol. The Bertz CT molecular complexity index is 811. The number of allylic oxidation sites excluding steroid dienone is 3. The first kappa shape index (κ1) is 29.5. The summed E-state index contributed by atoms with van der Waals surface area (Å²) in [6, 6.07) is 0. The van der Waals surface area contributed by atoms with Crippen molar-refractivity contribution in [1.29, 1.82) is 0 Å². The summed E-state index contributed by atoms with van der Waals surface area (Å²) in [5.41, 5.74) is 2.11. The summed E-state index contributed by atoms with van der Waals surface area (Å²) < 4.78 is 5.63. The summed E-state index contributed by atoms with van der Waals surface area (Å²) in [5.74, 6) is 1.61. The molecule has 0 bridgehead atoms. The number of fused-ring (bicyclic) bond motifs is 1. The molecule has 6 heteroatoms. The zero-order chi connectivity index (χ0) is 26.7. The highest BCUT2D eigenvalue weighted by atomic mass is 16.5. The smallest absolute Gasteiger partial charge is 0.114 e. The summed E-state index contributed by atoms with van der Waals surface area (Å²) in [4.78, 5) is 0. The normalized spacial score (nSPS) is 37.4. The van der Waals surface area contributed by atoms with Gasteiger partial charge in [0.15, 0.2) is 0 Å². The third kappa shape index (κ3) is 6.51. The van der Waals surface area contributed by atoms with E-state index in [0.29, 0.717) is 49.2 Å². The van der Waals surface area contributed by atoms with Gasteiger partial charge < -0.3 is 30.3 Å². The fraction of sp³-hybridized carbons (Fsp3) is 0.800. The van der Waals surface area contributed by atoms with E-state index < -0.39 is 30.0 Å². The second-order valence-electron chi connectivity index (χ2n) is 12.4. The van der Waals surface area contributed by atoms with Crippen LogP contribution in [0.1, 0.15) is 85.5 Å². The van der Waals surface area contributed by atoms with Crippen LogP contribution >= 0.6 is 0 Å². The summed E-state index contributed by atoms with van der Waals surface area (Å²) in [6.07, 6.45) is 9.31. The third-order valence-electron chi connectivity index (χ3n) is 9.44. The van der Waals surface area contributed by atoms with Crippen LogP contribution in [0.2, 0.25) is 0 Å². The van der Waals surface area contributed by atoms with Gasteiger partial charge in [0.2, 0.25) is 0 Å². The molecule has 0 aromatic rings. The Labute approximate surface area is 217 Å². The molecular weight excluding hydrogens is 456 g/mol. The molecule has 3 aliphatic rings. The molecule has 0 aliphatic heterocycles. The maximum atomic E-state index is 10.7. The van der Waals surface area contributed by atoms with Crippen molar-refractivity contribution in [3.8, 4) is 0 Å². The molecule has 0 amide bonds. The Morgan fingerprint density at radius 3 is 2.58 bits per heavy atom. The van der Waals surface area contributed by atoms with Crippen molar-refractivity contribution >= 4 is 0 Å². The fourth-order valence-electron chi connectivity index (χ4n) is 7.13. The van der Waals surface area contributed by atoms with Crippen LogP contribution in [0.15, 0.2) is 35.5 Å². The van der Waals surface area contributed by atoms with Gasteiger partial charge in [0.25, 0.3) is 0 Å². The highest BCUT2D eigenvalue weighted by Crippen LogP contribution is 2.60.